The second-order valence-corrected chi connectivity index (χ2v) is 6.95. The van der Waals surface area contributed by atoms with E-state index in [-0.39, 0.29) is 5.54 Å². The SMILES string of the molecule is COc1ccccc1NC1(Cc2cccs2)CCCCC1. The highest BCUT2D eigenvalue weighted by Crippen LogP contribution is 2.37. The third kappa shape index (κ3) is 3.41. The van der Waals surface area contributed by atoms with Crippen molar-refractivity contribution < 1.29 is 4.74 Å². The molecule has 1 fully saturated rings. The van der Waals surface area contributed by atoms with Crippen LogP contribution >= 0.6 is 11.3 Å². The largest absolute Gasteiger partial charge is 0.495 e. The summed E-state index contributed by atoms with van der Waals surface area (Å²) in [5.74, 6) is 0.939. The van der Waals surface area contributed by atoms with E-state index in [9.17, 15) is 0 Å². The van der Waals surface area contributed by atoms with Gasteiger partial charge in [-0.05, 0) is 36.4 Å². The molecule has 0 aliphatic heterocycles. The Labute approximate surface area is 131 Å². The fraction of sp³-hybridized carbons (Fsp3) is 0.444. The maximum atomic E-state index is 5.51. The average molecular weight is 301 g/mol. The molecule has 1 aliphatic rings. The van der Waals surface area contributed by atoms with Gasteiger partial charge in [0.25, 0.3) is 0 Å². The van der Waals surface area contributed by atoms with Crippen molar-refractivity contribution in [1.29, 1.82) is 0 Å². The van der Waals surface area contributed by atoms with Crippen molar-refractivity contribution in [2.75, 3.05) is 12.4 Å². The molecule has 1 aliphatic carbocycles. The van der Waals surface area contributed by atoms with Gasteiger partial charge in [-0.15, -0.1) is 11.3 Å². The first-order chi connectivity index (χ1) is 10.3. The number of benzene rings is 1. The zero-order valence-electron chi connectivity index (χ0n) is 12.6. The summed E-state index contributed by atoms with van der Waals surface area (Å²) < 4.78 is 5.51. The van der Waals surface area contributed by atoms with Crippen molar-refractivity contribution in [3.63, 3.8) is 0 Å². The van der Waals surface area contributed by atoms with Gasteiger partial charge in [0.1, 0.15) is 5.75 Å². The quantitative estimate of drug-likeness (QED) is 0.828. The van der Waals surface area contributed by atoms with Gasteiger partial charge in [-0.3, -0.25) is 0 Å². The van der Waals surface area contributed by atoms with E-state index in [0.717, 1.165) is 17.9 Å². The number of hydrogen-bond donors (Lipinski definition) is 1. The van der Waals surface area contributed by atoms with Gasteiger partial charge in [0.2, 0.25) is 0 Å². The Morgan fingerprint density at radius 2 is 1.90 bits per heavy atom. The van der Waals surface area contributed by atoms with Crippen LogP contribution in [0.4, 0.5) is 5.69 Å². The Bertz CT molecular complexity index is 558. The molecule has 0 spiro atoms. The molecule has 1 aromatic carbocycles. The summed E-state index contributed by atoms with van der Waals surface area (Å²) in [6.07, 6.45) is 7.58. The maximum Gasteiger partial charge on any atom is 0.141 e. The lowest BCUT2D eigenvalue weighted by Gasteiger charge is -2.39. The molecule has 3 heteroatoms. The fourth-order valence-corrected chi connectivity index (χ4v) is 4.20. The lowest BCUT2D eigenvalue weighted by atomic mass is 9.78. The first kappa shape index (κ1) is 14.5. The minimum Gasteiger partial charge on any atom is -0.495 e. The highest BCUT2D eigenvalue weighted by Gasteiger charge is 2.33. The van der Waals surface area contributed by atoms with Crippen LogP contribution in [0.3, 0.4) is 0 Å². The van der Waals surface area contributed by atoms with Crippen LogP contribution < -0.4 is 10.1 Å². The zero-order chi connectivity index (χ0) is 14.5. The predicted molar refractivity (Wildman–Crippen MR) is 90.5 cm³/mol. The number of nitrogens with one attached hydrogen (secondary N) is 1. The minimum absolute atomic E-state index is 0.178. The first-order valence-corrected chi connectivity index (χ1v) is 8.63. The molecule has 0 unspecified atom stereocenters. The van der Waals surface area contributed by atoms with E-state index in [1.807, 2.05) is 23.5 Å². The minimum atomic E-state index is 0.178. The molecule has 0 atom stereocenters. The third-order valence-electron chi connectivity index (χ3n) is 4.41. The van der Waals surface area contributed by atoms with E-state index in [2.05, 4.69) is 35.0 Å². The van der Waals surface area contributed by atoms with Crippen molar-refractivity contribution >= 4 is 17.0 Å². The number of rotatable bonds is 5. The second kappa shape index (κ2) is 6.52. The summed E-state index contributed by atoms with van der Waals surface area (Å²) in [6, 6.07) is 12.7. The summed E-state index contributed by atoms with van der Waals surface area (Å²) in [4.78, 5) is 1.47. The molecular weight excluding hydrogens is 278 g/mol. The zero-order valence-corrected chi connectivity index (χ0v) is 13.4. The van der Waals surface area contributed by atoms with Crippen LogP contribution in [0.15, 0.2) is 41.8 Å². The number of methoxy groups -OCH3 is 1. The summed E-state index contributed by atoms with van der Waals surface area (Å²) in [5, 5.41) is 6.01. The molecule has 3 rings (SSSR count). The second-order valence-electron chi connectivity index (χ2n) is 5.92. The van der Waals surface area contributed by atoms with Crippen LogP contribution in [0.2, 0.25) is 0 Å². The molecular formula is C18H23NOS. The molecule has 0 saturated heterocycles. The monoisotopic (exact) mass is 301 g/mol. The molecule has 1 heterocycles. The Balaban J connectivity index is 1.85. The van der Waals surface area contributed by atoms with Crippen LogP contribution in [0, 0.1) is 0 Å². The standard InChI is InChI=1S/C18H23NOS/c1-20-17-10-4-3-9-16(17)19-18(11-5-2-6-12-18)14-15-8-7-13-21-15/h3-4,7-10,13,19H,2,5-6,11-12,14H2,1H3. The normalized spacial score (nSPS) is 17.4. The van der Waals surface area contributed by atoms with Crippen LogP contribution in [-0.2, 0) is 6.42 Å². The Morgan fingerprint density at radius 3 is 2.62 bits per heavy atom. The van der Waals surface area contributed by atoms with E-state index in [1.54, 1.807) is 7.11 Å². The lowest BCUT2D eigenvalue weighted by molar-refractivity contribution is 0.320. The summed E-state index contributed by atoms with van der Waals surface area (Å²) in [6.45, 7) is 0. The van der Waals surface area contributed by atoms with Crippen LogP contribution in [0.5, 0.6) is 5.75 Å². The molecule has 0 bridgehead atoms. The molecule has 112 valence electrons. The van der Waals surface area contributed by atoms with E-state index >= 15 is 0 Å². The highest BCUT2D eigenvalue weighted by atomic mass is 32.1. The van der Waals surface area contributed by atoms with Gasteiger partial charge >= 0.3 is 0 Å². The van der Waals surface area contributed by atoms with E-state index < -0.39 is 0 Å². The number of anilines is 1. The van der Waals surface area contributed by atoms with E-state index in [4.69, 9.17) is 4.74 Å². The number of thiophene rings is 1. The smallest absolute Gasteiger partial charge is 0.141 e. The number of ether oxygens (including phenoxy) is 1. The van der Waals surface area contributed by atoms with Crippen molar-refractivity contribution in [3.05, 3.63) is 46.7 Å². The summed E-state index contributed by atoms with van der Waals surface area (Å²) in [5.41, 5.74) is 1.30. The van der Waals surface area contributed by atoms with E-state index in [0.29, 0.717) is 0 Å². The molecule has 1 saturated carbocycles. The molecule has 0 radical (unpaired) electrons. The summed E-state index contributed by atoms with van der Waals surface area (Å²) >= 11 is 1.86. The molecule has 1 aromatic heterocycles. The van der Waals surface area contributed by atoms with Gasteiger partial charge in [0.15, 0.2) is 0 Å². The van der Waals surface area contributed by atoms with Gasteiger partial charge < -0.3 is 10.1 Å². The van der Waals surface area contributed by atoms with Gasteiger partial charge in [0, 0.05) is 16.8 Å². The van der Waals surface area contributed by atoms with Crippen molar-refractivity contribution in [3.8, 4) is 5.75 Å². The third-order valence-corrected chi connectivity index (χ3v) is 5.29. The van der Waals surface area contributed by atoms with Gasteiger partial charge in [0.05, 0.1) is 12.8 Å². The lowest BCUT2D eigenvalue weighted by Crippen LogP contribution is -2.42. The predicted octanol–water partition coefficient (Wildman–Crippen LogP) is 5.11. The molecule has 2 aromatic rings. The Kier molecular flexibility index (Phi) is 4.49. The maximum absolute atomic E-state index is 5.51. The van der Waals surface area contributed by atoms with Crippen LogP contribution in [0.1, 0.15) is 37.0 Å². The highest BCUT2D eigenvalue weighted by molar-refractivity contribution is 7.09. The van der Waals surface area contributed by atoms with Crippen molar-refractivity contribution in [1.82, 2.24) is 0 Å². The molecule has 1 N–H and O–H groups in total. The van der Waals surface area contributed by atoms with Gasteiger partial charge in [-0.1, -0.05) is 37.5 Å². The van der Waals surface area contributed by atoms with Crippen LogP contribution in [-0.4, -0.2) is 12.6 Å². The van der Waals surface area contributed by atoms with Gasteiger partial charge in [-0.2, -0.15) is 0 Å². The molecule has 21 heavy (non-hydrogen) atoms. The van der Waals surface area contributed by atoms with E-state index in [1.165, 1.54) is 37.0 Å². The van der Waals surface area contributed by atoms with Crippen molar-refractivity contribution in [2.24, 2.45) is 0 Å². The summed E-state index contributed by atoms with van der Waals surface area (Å²) in [7, 11) is 1.74. The van der Waals surface area contributed by atoms with Crippen molar-refractivity contribution in [2.45, 2.75) is 44.1 Å². The topological polar surface area (TPSA) is 21.3 Å². The Morgan fingerprint density at radius 1 is 1.10 bits per heavy atom. The van der Waals surface area contributed by atoms with Crippen LogP contribution in [0.25, 0.3) is 0 Å². The molecule has 2 nitrogen and oxygen atoms in total. The molecule has 0 amide bonds. The average Bonchev–Trinajstić information content (AvgIpc) is 3.01. The first-order valence-electron chi connectivity index (χ1n) is 7.75. The fourth-order valence-electron chi connectivity index (χ4n) is 3.35. The number of hydrogen-bond acceptors (Lipinski definition) is 3. The van der Waals surface area contributed by atoms with Gasteiger partial charge in [-0.25, -0.2) is 0 Å². The Hall–Kier alpha value is -1.48. The number of para-hydroxylation sites is 2.